The van der Waals surface area contributed by atoms with Crippen LogP contribution in [0.3, 0.4) is 0 Å². The standard InChI is InChI=1S/C12H22N2O2/c1-8-6-10(7-9(2)16-8)14-12(15)11-4-3-5-13-11/h8-11,13H,3-7H2,1-2H3,(H,14,15)/t8-,9-,11+/m1/s1. The molecule has 2 heterocycles. The molecule has 92 valence electrons. The van der Waals surface area contributed by atoms with E-state index in [2.05, 4.69) is 24.5 Å². The van der Waals surface area contributed by atoms with Gasteiger partial charge in [0.05, 0.1) is 18.2 Å². The van der Waals surface area contributed by atoms with Crippen LogP contribution in [0.5, 0.6) is 0 Å². The molecule has 0 aromatic heterocycles. The predicted octanol–water partition coefficient (Wildman–Crippen LogP) is 0.811. The zero-order chi connectivity index (χ0) is 11.5. The van der Waals surface area contributed by atoms with Crippen molar-refractivity contribution in [1.29, 1.82) is 0 Å². The first-order valence-corrected chi connectivity index (χ1v) is 6.34. The predicted molar refractivity (Wildman–Crippen MR) is 62.2 cm³/mol. The van der Waals surface area contributed by atoms with Crippen LogP contribution in [0, 0.1) is 0 Å². The summed E-state index contributed by atoms with van der Waals surface area (Å²) in [6.07, 6.45) is 4.46. The lowest BCUT2D eigenvalue weighted by molar-refractivity contribution is -0.125. The first-order valence-electron chi connectivity index (χ1n) is 6.34. The van der Waals surface area contributed by atoms with Crippen LogP contribution in [-0.2, 0) is 9.53 Å². The van der Waals surface area contributed by atoms with Crippen LogP contribution in [-0.4, -0.2) is 36.7 Å². The molecule has 0 aliphatic carbocycles. The fraction of sp³-hybridized carbons (Fsp3) is 0.917. The largest absolute Gasteiger partial charge is 0.375 e. The quantitative estimate of drug-likeness (QED) is 0.732. The second kappa shape index (κ2) is 5.15. The van der Waals surface area contributed by atoms with Gasteiger partial charge in [0.2, 0.25) is 5.91 Å². The van der Waals surface area contributed by atoms with E-state index in [0.717, 1.165) is 32.2 Å². The molecule has 2 aliphatic rings. The van der Waals surface area contributed by atoms with E-state index in [1.807, 2.05) is 0 Å². The summed E-state index contributed by atoms with van der Waals surface area (Å²) in [5, 5.41) is 6.37. The van der Waals surface area contributed by atoms with Crippen LogP contribution >= 0.6 is 0 Å². The highest BCUT2D eigenvalue weighted by molar-refractivity contribution is 5.82. The number of carbonyl (C=O) groups is 1. The van der Waals surface area contributed by atoms with Gasteiger partial charge in [0, 0.05) is 6.04 Å². The van der Waals surface area contributed by atoms with Gasteiger partial charge in [0.1, 0.15) is 0 Å². The van der Waals surface area contributed by atoms with Crippen molar-refractivity contribution in [1.82, 2.24) is 10.6 Å². The SMILES string of the molecule is C[C@@H]1CC(NC(=O)[C@@H]2CCCN2)C[C@@H](C)O1. The van der Waals surface area contributed by atoms with Crippen LogP contribution in [0.1, 0.15) is 39.5 Å². The monoisotopic (exact) mass is 226 g/mol. The number of rotatable bonds is 2. The number of nitrogens with one attached hydrogen (secondary N) is 2. The van der Waals surface area contributed by atoms with E-state index in [1.54, 1.807) is 0 Å². The molecule has 2 N–H and O–H groups in total. The van der Waals surface area contributed by atoms with E-state index in [4.69, 9.17) is 4.74 Å². The second-order valence-electron chi connectivity index (χ2n) is 5.08. The first kappa shape index (κ1) is 11.9. The van der Waals surface area contributed by atoms with Crippen LogP contribution in [0.2, 0.25) is 0 Å². The maximum absolute atomic E-state index is 11.9. The van der Waals surface area contributed by atoms with Crippen molar-refractivity contribution >= 4 is 5.91 Å². The molecular weight excluding hydrogens is 204 g/mol. The molecule has 2 rings (SSSR count). The number of hydrogen-bond acceptors (Lipinski definition) is 3. The normalized spacial score (nSPS) is 39.6. The fourth-order valence-corrected chi connectivity index (χ4v) is 2.73. The Balaban J connectivity index is 1.81. The van der Waals surface area contributed by atoms with Gasteiger partial charge in [-0.3, -0.25) is 4.79 Å². The second-order valence-corrected chi connectivity index (χ2v) is 5.08. The molecule has 4 heteroatoms. The van der Waals surface area contributed by atoms with Gasteiger partial charge in [-0.25, -0.2) is 0 Å². The van der Waals surface area contributed by atoms with E-state index in [1.165, 1.54) is 0 Å². The third kappa shape index (κ3) is 2.95. The van der Waals surface area contributed by atoms with Gasteiger partial charge in [-0.15, -0.1) is 0 Å². The van der Waals surface area contributed by atoms with Crippen molar-refractivity contribution < 1.29 is 9.53 Å². The third-order valence-electron chi connectivity index (χ3n) is 3.42. The van der Waals surface area contributed by atoms with Crippen molar-refractivity contribution in [2.75, 3.05) is 6.54 Å². The van der Waals surface area contributed by atoms with Gasteiger partial charge >= 0.3 is 0 Å². The lowest BCUT2D eigenvalue weighted by Crippen LogP contribution is -2.49. The molecule has 0 spiro atoms. The molecule has 2 saturated heterocycles. The molecule has 0 bridgehead atoms. The first-order chi connectivity index (χ1) is 7.65. The van der Waals surface area contributed by atoms with Crippen LogP contribution < -0.4 is 10.6 Å². The maximum Gasteiger partial charge on any atom is 0.237 e. The number of hydrogen-bond donors (Lipinski definition) is 2. The highest BCUT2D eigenvalue weighted by Gasteiger charge is 2.28. The Hall–Kier alpha value is -0.610. The maximum atomic E-state index is 11.9. The zero-order valence-electron chi connectivity index (χ0n) is 10.2. The minimum Gasteiger partial charge on any atom is -0.375 e. The van der Waals surface area contributed by atoms with Crippen molar-refractivity contribution in [2.45, 2.75) is 63.8 Å². The molecule has 1 amide bonds. The molecule has 16 heavy (non-hydrogen) atoms. The van der Waals surface area contributed by atoms with E-state index >= 15 is 0 Å². The van der Waals surface area contributed by atoms with E-state index < -0.39 is 0 Å². The van der Waals surface area contributed by atoms with Gasteiger partial charge in [-0.2, -0.15) is 0 Å². The van der Waals surface area contributed by atoms with Crippen molar-refractivity contribution in [2.24, 2.45) is 0 Å². The molecule has 4 nitrogen and oxygen atoms in total. The van der Waals surface area contributed by atoms with Gasteiger partial charge in [-0.05, 0) is 46.1 Å². The molecule has 2 fully saturated rings. The Morgan fingerprint density at radius 3 is 2.56 bits per heavy atom. The number of carbonyl (C=O) groups excluding carboxylic acids is 1. The Morgan fingerprint density at radius 1 is 1.31 bits per heavy atom. The summed E-state index contributed by atoms with van der Waals surface area (Å²) in [5.74, 6) is 0.170. The Bertz CT molecular complexity index is 241. The number of amides is 1. The summed E-state index contributed by atoms with van der Waals surface area (Å²) >= 11 is 0. The molecule has 0 radical (unpaired) electrons. The minimum atomic E-state index is 0.0356. The zero-order valence-corrected chi connectivity index (χ0v) is 10.2. The van der Waals surface area contributed by atoms with Crippen molar-refractivity contribution in [3.05, 3.63) is 0 Å². The summed E-state index contributed by atoms with van der Waals surface area (Å²) in [6.45, 7) is 5.12. The van der Waals surface area contributed by atoms with Crippen LogP contribution in [0.15, 0.2) is 0 Å². The summed E-state index contributed by atoms with van der Waals surface area (Å²) in [5.41, 5.74) is 0. The highest BCUT2D eigenvalue weighted by Crippen LogP contribution is 2.19. The van der Waals surface area contributed by atoms with E-state index in [-0.39, 0.29) is 30.2 Å². The van der Waals surface area contributed by atoms with E-state index in [9.17, 15) is 4.79 Å². The summed E-state index contributed by atoms with van der Waals surface area (Å²) in [4.78, 5) is 11.9. The summed E-state index contributed by atoms with van der Waals surface area (Å²) in [7, 11) is 0. The van der Waals surface area contributed by atoms with Gasteiger partial charge in [0.25, 0.3) is 0 Å². The van der Waals surface area contributed by atoms with Crippen molar-refractivity contribution in [3.63, 3.8) is 0 Å². The summed E-state index contributed by atoms with van der Waals surface area (Å²) in [6, 6.07) is 0.321. The Morgan fingerprint density at radius 2 is 2.00 bits per heavy atom. The molecule has 0 aromatic carbocycles. The average Bonchev–Trinajstić information content (AvgIpc) is 2.68. The minimum absolute atomic E-state index is 0.0356. The van der Waals surface area contributed by atoms with Gasteiger partial charge in [-0.1, -0.05) is 0 Å². The van der Waals surface area contributed by atoms with Crippen LogP contribution in [0.4, 0.5) is 0 Å². The molecule has 0 unspecified atom stereocenters. The molecular formula is C12H22N2O2. The molecule has 2 aliphatic heterocycles. The van der Waals surface area contributed by atoms with Crippen molar-refractivity contribution in [3.8, 4) is 0 Å². The Kier molecular flexibility index (Phi) is 3.82. The average molecular weight is 226 g/mol. The van der Waals surface area contributed by atoms with E-state index in [0.29, 0.717) is 0 Å². The molecule has 3 atom stereocenters. The topological polar surface area (TPSA) is 50.4 Å². The molecule has 0 saturated carbocycles. The number of ether oxygens (including phenoxy) is 1. The molecule has 0 aromatic rings. The smallest absolute Gasteiger partial charge is 0.237 e. The lowest BCUT2D eigenvalue weighted by atomic mass is 9.99. The Labute approximate surface area is 97.1 Å². The summed E-state index contributed by atoms with van der Waals surface area (Å²) < 4.78 is 5.66. The van der Waals surface area contributed by atoms with Crippen LogP contribution in [0.25, 0.3) is 0 Å². The fourth-order valence-electron chi connectivity index (χ4n) is 2.73. The highest BCUT2D eigenvalue weighted by atomic mass is 16.5. The lowest BCUT2D eigenvalue weighted by Gasteiger charge is -2.33. The third-order valence-corrected chi connectivity index (χ3v) is 3.42. The van der Waals surface area contributed by atoms with Gasteiger partial charge < -0.3 is 15.4 Å². The van der Waals surface area contributed by atoms with Gasteiger partial charge in [0.15, 0.2) is 0 Å².